The number of benzene rings is 1. The van der Waals surface area contributed by atoms with Crippen LogP contribution in [0.15, 0.2) is 48.8 Å². The van der Waals surface area contributed by atoms with Crippen LogP contribution in [-0.2, 0) is 6.61 Å². The lowest BCUT2D eigenvalue weighted by atomic mass is 10.2. The molecule has 0 bridgehead atoms. The van der Waals surface area contributed by atoms with Crippen molar-refractivity contribution in [3.05, 3.63) is 54.4 Å². The molecule has 4 nitrogen and oxygen atoms in total. The number of ether oxygens (including phenoxy) is 1. The van der Waals surface area contributed by atoms with Crippen LogP contribution >= 0.6 is 12.4 Å². The minimum Gasteiger partial charge on any atom is -0.487 e. The van der Waals surface area contributed by atoms with Crippen LogP contribution in [0.1, 0.15) is 5.56 Å². The first-order valence-corrected chi connectivity index (χ1v) is 6.99. The van der Waals surface area contributed by atoms with Gasteiger partial charge in [0.15, 0.2) is 0 Å². The molecular formula is C16H20ClN3O. The van der Waals surface area contributed by atoms with Crippen molar-refractivity contribution in [2.24, 2.45) is 0 Å². The predicted octanol–water partition coefficient (Wildman–Crippen LogP) is 2.49. The van der Waals surface area contributed by atoms with E-state index < -0.39 is 0 Å². The maximum Gasteiger partial charge on any atom is 0.140 e. The first kappa shape index (κ1) is 15.6. The zero-order valence-electron chi connectivity index (χ0n) is 11.9. The van der Waals surface area contributed by atoms with Gasteiger partial charge in [0.05, 0.1) is 18.1 Å². The second kappa shape index (κ2) is 7.86. The van der Waals surface area contributed by atoms with E-state index in [1.165, 1.54) is 5.56 Å². The summed E-state index contributed by atoms with van der Waals surface area (Å²) in [5.74, 6) is 0.824. The molecule has 3 rings (SSSR count). The van der Waals surface area contributed by atoms with Gasteiger partial charge < -0.3 is 15.0 Å². The molecule has 1 saturated heterocycles. The number of halogens is 1. The summed E-state index contributed by atoms with van der Waals surface area (Å²) in [5.41, 5.74) is 2.30. The van der Waals surface area contributed by atoms with Gasteiger partial charge in [0, 0.05) is 32.2 Å². The van der Waals surface area contributed by atoms with Crippen molar-refractivity contribution >= 4 is 18.1 Å². The standard InChI is InChI=1S/C16H19N3O.ClH/c1-2-4-14(5-3-1)13-20-16-10-15(11-18-12-16)19-8-6-17-7-9-19;/h1-5,10-12,17H,6-9,13H2;1H. The zero-order chi connectivity index (χ0) is 13.6. The SMILES string of the molecule is Cl.c1ccc(COc2cncc(N3CCNCC3)c2)cc1. The Morgan fingerprint density at radius 2 is 1.86 bits per heavy atom. The van der Waals surface area contributed by atoms with Gasteiger partial charge in [-0.15, -0.1) is 12.4 Å². The molecule has 1 N–H and O–H groups in total. The fourth-order valence-corrected chi connectivity index (χ4v) is 2.32. The van der Waals surface area contributed by atoms with Crippen LogP contribution in [-0.4, -0.2) is 31.2 Å². The van der Waals surface area contributed by atoms with E-state index in [9.17, 15) is 0 Å². The fraction of sp³-hybridized carbons (Fsp3) is 0.312. The third-order valence-electron chi connectivity index (χ3n) is 3.43. The molecule has 1 aliphatic rings. The molecule has 1 aliphatic heterocycles. The second-order valence-electron chi connectivity index (χ2n) is 4.89. The van der Waals surface area contributed by atoms with E-state index in [-0.39, 0.29) is 12.4 Å². The van der Waals surface area contributed by atoms with Crippen molar-refractivity contribution in [1.29, 1.82) is 0 Å². The number of pyridine rings is 1. The van der Waals surface area contributed by atoms with Gasteiger partial charge in [-0.2, -0.15) is 0 Å². The van der Waals surface area contributed by atoms with Crippen LogP contribution in [0.3, 0.4) is 0 Å². The molecule has 1 fully saturated rings. The maximum atomic E-state index is 5.82. The van der Waals surface area contributed by atoms with Gasteiger partial charge in [-0.1, -0.05) is 30.3 Å². The summed E-state index contributed by atoms with van der Waals surface area (Å²) >= 11 is 0. The van der Waals surface area contributed by atoms with E-state index in [2.05, 4.69) is 33.4 Å². The van der Waals surface area contributed by atoms with Gasteiger partial charge in [0.25, 0.3) is 0 Å². The molecule has 1 aromatic heterocycles. The lowest BCUT2D eigenvalue weighted by Gasteiger charge is -2.29. The minimum atomic E-state index is 0. The molecular weight excluding hydrogens is 286 g/mol. The molecule has 5 heteroatoms. The summed E-state index contributed by atoms with van der Waals surface area (Å²) in [4.78, 5) is 6.62. The predicted molar refractivity (Wildman–Crippen MR) is 87.3 cm³/mol. The molecule has 2 aromatic rings. The molecule has 0 atom stereocenters. The molecule has 0 saturated carbocycles. The van der Waals surface area contributed by atoms with Crippen LogP contribution in [0.25, 0.3) is 0 Å². The monoisotopic (exact) mass is 305 g/mol. The first-order valence-electron chi connectivity index (χ1n) is 6.99. The summed E-state index contributed by atoms with van der Waals surface area (Å²) in [5, 5.41) is 3.35. The van der Waals surface area contributed by atoms with Crippen LogP contribution < -0.4 is 15.0 Å². The summed E-state index contributed by atoms with van der Waals surface area (Å²) in [6.07, 6.45) is 3.68. The topological polar surface area (TPSA) is 37.4 Å². The van der Waals surface area contributed by atoms with Gasteiger partial charge in [-0.25, -0.2) is 0 Å². The smallest absolute Gasteiger partial charge is 0.140 e. The molecule has 1 aromatic carbocycles. The molecule has 2 heterocycles. The number of nitrogens with one attached hydrogen (secondary N) is 1. The van der Waals surface area contributed by atoms with Gasteiger partial charge in [0.2, 0.25) is 0 Å². The van der Waals surface area contributed by atoms with Crippen molar-refractivity contribution in [2.45, 2.75) is 6.61 Å². The third kappa shape index (κ3) is 4.34. The van der Waals surface area contributed by atoms with E-state index in [0.717, 1.165) is 37.6 Å². The van der Waals surface area contributed by atoms with Crippen molar-refractivity contribution in [2.75, 3.05) is 31.1 Å². The van der Waals surface area contributed by atoms with E-state index >= 15 is 0 Å². The Kier molecular flexibility index (Phi) is 5.84. The number of hydrogen-bond donors (Lipinski definition) is 1. The summed E-state index contributed by atoms with van der Waals surface area (Å²) in [6.45, 7) is 4.66. The molecule has 0 aliphatic carbocycles. The largest absolute Gasteiger partial charge is 0.487 e. The van der Waals surface area contributed by atoms with Crippen molar-refractivity contribution in [3.63, 3.8) is 0 Å². The normalized spacial score (nSPS) is 14.4. The highest BCUT2D eigenvalue weighted by Crippen LogP contribution is 2.20. The Morgan fingerprint density at radius 3 is 2.62 bits per heavy atom. The lowest BCUT2D eigenvalue weighted by Crippen LogP contribution is -2.43. The molecule has 0 amide bonds. The number of anilines is 1. The van der Waals surface area contributed by atoms with Crippen LogP contribution in [0, 0.1) is 0 Å². The highest BCUT2D eigenvalue weighted by molar-refractivity contribution is 5.85. The van der Waals surface area contributed by atoms with Crippen molar-refractivity contribution in [1.82, 2.24) is 10.3 Å². The Morgan fingerprint density at radius 1 is 1.10 bits per heavy atom. The van der Waals surface area contributed by atoms with Crippen molar-refractivity contribution in [3.8, 4) is 5.75 Å². The number of aromatic nitrogens is 1. The minimum absolute atomic E-state index is 0. The van der Waals surface area contributed by atoms with Gasteiger partial charge in [0.1, 0.15) is 12.4 Å². The number of hydrogen-bond acceptors (Lipinski definition) is 4. The highest BCUT2D eigenvalue weighted by atomic mass is 35.5. The van der Waals surface area contributed by atoms with Gasteiger partial charge in [-0.05, 0) is 5.56 Å². The van der Waals surface area contributed by atoms with E-state index in [1.807, 2.05) is 24.4 Å². The van der Waals surface area contributed by atoms with E-state index in [0.29, 0.717) is 6.61 Å². The number of piperazine rings is 1. The second-order valence-corrected chi connectivity index (χ2v) is 4.89. The van der Waals surface area contributed by atoms with Gasteiger partial charge in [-0.3, -0.25) is 4.98 Å². The van der Waals surface area contributed by atoms with Crippen LogP contribution in [0.5, 0.6) is 5.75 Å². The maximum absolute atomic E-state index is 5.82. The Labute approximate surface area is 131 Å². The number of rotatable bonds is 4. The quantitative estimate of drug-likeness (QED) is 0.942. The van der Waals surface area contributed by atoms with Crippen LogP contribution in [0.4, 0.5) is 5.69 Å². The summed E-state index contributed by atoms with van der Waals surface area (Å²) in [6, 6.07) is 12.3. The molecule has 21 heavy (non-hydrogen) atoms. The zero-order valence-corrected chi connectivity index (χ0v) is 12.7. The fourth-order valence-electron chi connectivity index (χ4n) is 2.32. The first-order chi connectivity index (χ1) is 9.92. The number of nitrogens with zero attached hydrogens (tertiary/aromatic N) is 2. The Hall–Kier alpha value is -1.78. The molecule has 0 spiro atoms. The Bertz CT molecular complexity index is 544. The highest BCUT2D eigenvalue weighted by Gasteiger charge is 2.11. The average Bonchev–Trinajstić information content (AvgIpc) is 2.55. The molecule has 112 valence electrons. The summed E-state index contributed by atoms with van der Waals surface area (Å²) in [7, 11) is 0. The van der Waals surface area contributed by atoms with Crippen LogP contribution in [0.2, 0.25) is 0 Å². The van der Waals surface area contributed by atoms with Gasteiger partial charge >= 0.3 is 0 Å². The average molecular weight is 306 g/mol. The third-order valence-corrected chi connectivity index (χ3v) is 3.43. The summed E-state index contributed by atoms with van der Waals surface area (Å²) < 4.78 is 5.82. The molecule has 0 radical (unpaired) electrons. The van der Waals surface area contributed by atoms with E-state index in [4.69, 9.17) is 4.74 Å². The molecule has 0 unspecified atom stereocenters. The van der Waals surface area contributed by atoms with E-state index in [1.54, 1.807) is 6.20 Å². The van der Waals surface area contributed by atoms with Crippen molar-refractivity contribution < 1.29 is 4.74 Å². The Balaban J connectivity index is 0.00000161. The lowest BCUT2D eigenvalue weighted by molar-refractivity contribution is 0.305.